The summed E-state index contributed by atoms with van der Waals surface area (Å²) < 4.78 is 25.9. The number of hydrogen-bond donors (Lipinski definition) is 1. The molecule has 0 saturated carbocycles. The lowest BCUT2D eigenvalue weighted by Gasteiger charge is -2.34. The maximum atomic E-state index is 12.2. The summed E-state index contributed by atoms with van der Waals surface area (Å²) >= 11 is 0. The SMILES string of the molecule is CC1CCN(S(=O)(=O)CCC(C)(C)C)CC1N. The van der Waals surface area contributed by atoms with Crippen LogP contribution in [-0.4, -0.2) is 37.6 Å². The van der Waals surface area contributed by atoms with Crippen LogP contribution in [0.4, 0.5) is 0 Å². The molecule has 17 heavy (non-hydrogen) atoms. The zero-order valence-electron chi connectivity index (χ0n) is 11.4. The first-order valence-electron chi connectivity index (χ1n) is 6.35. The molecule has 1 rings (SSSR count). The minimum atomic E-state index is -3.12. The lowest BCUT2D eigenvalue weighted by molar-refractivity contribution is 0.251. The van der Waals surface area contributed by atoms with E-state index in [1.165, 1.54) is 0 Å². The van der Waals surface area contributed by atoms with Gasteiger partial charge in [0.1, 0.15) is 0 Å². The number of sulfonamides is 1. The van der Waals surface area contributed by atoms with Crippen LogP contribution in [0.15, 0.2) is 0 Å². The van der Waals surface area contributed by atoms with Crippen LogP contribution in [0, 0.1) is 11.3 Å². The van der Waals surface area contributed by atoms with Gasteiger partial charge in [-0.15, -0.1) is 0 Å². The standard InChI is InChI=1S/C12H26N2O2S/c1-10-5-7-14(9-11(10)13)17(15,16)8-6-12(2,3)4/h10-11H,5-9,13H2,1-4H3. The Kier molecular flexibility index (Phi) is 4.60. The van der Waals surface area contributed by atoms with Gasteiger partial charge in [0.05, 0.1) is 5.75 Å². The zero-order valence-corrected chi connectivity index (χ0v) is 12.3. The Hall–Kier alpha value is -0.130. The highest BCUT2D eigenvalue weighted by atomic mass is 32.2. The van der Waals surface area contributed by atoms with Gasteiger partial charge in [0, 0.05) is 19.1 Å². The van der Waals surface area contributed by atoms with E-state index in [4.69, 9.17) is 5.73 Å². The minimum Gasteiger partial charge on any atom is -0.326 e. The highest BCUT2D eigenvalue weighted by molar-refractivity contribution is 7.89. The van der Waals surface area contributed by atoms with Crippen molar-refractivity contribution in [3.63, 3.8) is 0 Å². The zero-order chi connectivity index (χ0) is 13.3. The van der Waals surface area contributed by atoms with Gasteiger partial charge in [-0.1, -0.05) is 27.7 Å². The summed E-state index contributed by atoms with van der Waals surface area (Å²) in [6.07, 6.45) is 1.56. The molecule has 0 amide bonds. The molecular formula is C12H26N2O2S. The number of nitrogens with zero attached hydrogens (tertiary/aromatic N) is 1. The van der Waals surface area contributed by atoms with Crippen LogP contribution in [0.3, 0.4) is 0 Å². The van der Waals surface area contributed by atoms with Gasteiger partial charge in [-0.3, -0.25) is 0 Å². The van der Waals surface area contributed by atoms with Crippen molar-refractivity contribution in [2.45, 2.75) is 46.6 Å². The topological polar surface area (TPSA) is 63.4 Å². The van der Waals surface area contributed by atoms with Gasteiger partial charge in [-0.25, -0.2) is 12.7 Å². The van der Waals surface area contributed by atoms with E-state index in [0.29, 0.717) is 25.4 Å². The smallest absolute Gasteiger partial charge is 0.214 e. The molecule has 1 saturated heterocycles. The van der Waals surface area contributed by atoms with Crippen molar-refractivity contribution in [2.24, 2.45) is 17.1 Å². The third-order valence-electron chi connectivity index (χ3n) is 3.48. The molecule has 1 aliphatic rings. The summed E-state index contributed by atoms with van der Waals surface area (Å²) in [4.78, 5) is 0. The Morgan fingerprint density at radius 3 is 2.41 bits per heavy atom. The van der Waals surface area contributed by atoms with E-state index in [9.17, 15) is 8.42 Å². The molecule has 2 unspecified atom stereocenters. The maximum absolute atomic E-state index is 12.2. The number of rotatable bonds is 3. The monoisotopic (exact) mass is 262 g/mol. The van der Waals surface area contributed by atoms with Gasteiger partial charge >= 0.3 is 0 Å². The summed E-state index contributed by atoms with van der Waals surface area (Å²) in [6, 6.07) is -0.0202. The van der Waals surface area contributed by atoms with Crippen molar-refractivity contribution in [1.82, 2.24) is 4.31 Å². The number of nitrogens with two attached hydrogens (primary N) is 1. The van der Waals surface area contributed by atoms with Crippen molar-refractivity contribution in [2.75, 3.05) is 18.8 Å². The van der Waals surface area contributed by atoms with Crippen LogP contribution >= 0.6 is 0 Å². The normalized spacial score (nSPS) is 28.3. The summed E-state index contributed by atoms with van der Waals surface area (Å²) in [5, 5.41) is 0. The van der Waals surface area contributed by atoms with E-state index in [0.717, 1.165) is 6.42 Å². The van der Waals surface area contributed by atoms with Gasteiger partial charge in [-0.05, 0) is 24.2 Å². The second kappa shape index (κ2) is 5.24. The van der Waals surface area contributed by atoms with Crippen molar-refractivity contribution in [1.29, 1.82) is 0 Å². The van der Waals surface area contributed by atoms with Gasteiger partial charge in [-0.2, -0.15) is 0 Å². The summed E-state index contributed by atoms with van der Waals surface area (Å²) in [5.74, 6) is 0.654. The van der Waals surface area contributed by atoms with E-state index in [-0.39, 0.29) is 17.2 Å². The Morgan fingerprint density at radius 1 is 1.35 bits per heavy atom. The van der Waals surface area contributed by atoms with Gasteiger partial charge in [0.15, 0.2) is 0 Å². The third-order valence-corrected chi connectivity index (χ3v) is 5.32. The van der Waals surface area contributed by atoms with Crippen LogP contribution in [0.25, 0.3) is 0 Å². The lowest BCUT2D eigenvalue weighted by Crippen LogP contribution is -2.50. The van der Waals surface area contributed by atoms with Crippen molar-refractivity contribution in [3.8, 4) is 0 Å². The first kappa shape index (κ1) is 14.9. The number of piperidine rings is 1. The molecule has 2 atom stereocenters. The van der Waals surface area contributed by atoms with E-state index >= 15 is 0 Å². The van der Waals surface area contributed by atoms with Crippen LogP contribution in [0.5, 0.6) is 0 Å². The summed E-state index contributed by atoms with van der Waals surface area (Å²) in [5.41, 5.74) is 5.99. The molecule has 5 heteroatoms. The van der Waals surface area contributed by atoms with Gasteiger partial charge < -0.3 is 5.73 Å². The van der Waals surface area contributed by atoms with Gasteiger partial charge in [0.2, 0.25) is 10.0 Å². The third kappa shape index (κ3) is 4.56. The molecular weight excluding hydrogens is 236 g/mol. The molecule has 2 N–H and O–H groups in total. The fraction of sp³-hybridized carbons (Fsp3) is 1.00. The van der Waals surface area contributed by atoms with E-state index in [1.807, 2.05) is 0 Å². The fourth-order valence-electron chi connectivity index (χ4n) is 1.88. The first-order chi connectivity index (χ1) is 7.62. The molecule has 0 aromatic carbocycles. The highest BCUT2D eigenvalue weighted by Gasteiger charge is 2.31. The molecule has 1 aliphatic heterocycles. The van der Waals surface area contributed by atoms with E-state index in [1.54, 1.807) is 4.31 Å². The second-order valence-corrected chi connectivity index (χ2v) is 8.50. The Labute approximate surface area is 106 Å². The van der Waals surface area contributed by atoms with Crippen molar-refractivity contribution in [3.05, 3.63) is 0 Å². The van der Waals surface area contributed by atoms with Crippen LogP contribution < -0.4 is 5.73 Å². The van der Waals surface area contributed by atoms with Crippen molar-refractivity contribution < 1.29 is 8.42 Å². The molecule has 0 radical (unpaired) electrons. The summed E-state index contributed by atoms with van der Waals surface area (Å²) in [7, 11) is -3.12. The molecule has 0 aromatic heterocycles. The second-order valence-electron chi connectivity index (χ2n) is 6.41. The van der Waals surface area contributed by atoms with Gasteiger partial charge in [0.25, 0.3) is 0 Å². The Morgan fingerprint density at radius 2 is 1.94 bits per heavy atom. The Balaban J connectivity index is 2.59. The molecule has 1 fully saturated rings. The van der Waals surface area contributed by atoms with E-state index < -0.39 is 10.0 Å². The average molecular weight is 262 g/mol. The van der Waals surface area contributed by atoms with Crippen LogP contribution in [-0.2, 0) is 10.0 Å². The predicted octanol–water partition coefficient (Wildman–Crippen LogP) is 1.42. The molecule has 0 spiro atoms. The lowest BCUT2D eigenvalue weighted by atomic mass is 9.94. The molecule has 4 nitrogen and oxygen atoms in total. The van der Waals surface area contributed by atoms with Crippen LogP contribution in [0.2, 0.25) is 0 Å². The molecule has 0 aliphatic carbocycles. The average Bonchev–Trinajstić information content (AvgIpc) is 2.18. The molecule has 0 bridgehead atoms. The molecule has 1 heterocycles. The highest BCUT2D eigenvalue weighted by Crippen LogP contribution is 2.23. The molecule has 0 aromatic rings. The minimum absolute atomic E-state index is 0.0202. The first-order valence-corrected chi connectivity index (χ1v) is 7.96. The Bertz CT molecular complexity index is 346. The predicted molar refractivity (Wildman–Crippen MR) is 71.2 cm³/mol. The quantitative estimate of drug-likeness (QED) is 0.836. The molecule has 102 valence electrons. The van der Waals surface area contributed by atoms with Crippen LogP contribution in [0.1, 0.15) is 40.5 Å². The number of hydrogen-bond acceptors (Lipinski definition) is 3. The summed E-state index contributed by atoms with van der Waals surface area (Å²) in [6.45, 7) is 9.38. The van der Waals surface area contributed by atoms with Crippen molar-refractivity contribution >= 4 is 10.0 Å². The fourth-order valence-corrected chi connectivity index (χ4v) is 3.80. The largest absolute Gasteiger partial charge is 0.326 e. The maximum Gasteiger partial charge on any atom is 0.214 e. The van der Waals surface area contributed by atoms with E-state index in [2.05, 4.69) is 27.7 Å².